The van der Waals surface area contributed by atoms with Gasteiger partial charge in [-0.2, -0.15) is 0 Å². The first kappa shape index (κ1) is 54.9. The number of primary amides is 1. The van der Waals surface area contributed by atoms with Crippen molar-refractivity contribution in [2.45, 2.75) is 122 Å². The van der Waals surface area contributed by atoms with E-state index in [0.29, 0.717) is 35.1 Å². The van der Waals surface area contributed by atoms with E-state index in [1.807, 2.05) is 31.2 Å². The molecule has 0 bridgehead atoms. The van der Waals surface area contributed by atoms with E-state index in [4.69, 9.17) is 19.9 Å². The standard InChI is InChI=1S/C54H65N7O11/c1-6-7-27-45(51(67)58-42(30-46(62)70-33-36-21-13-9-14-22-36)49(65)57-41(48(55)64)28-35-19-11-8-12-20-35)61(5)52(68)44(29-38-32-56-40-26-18-17-25-39(38)40)59-50(66)43(60-53(69)72-54(2,3)4)31-47(63)71-34-37-23-15-10-16-24-37/h8-26,32,41-45,56H,6-7,27-31,33-34H2,1-5H3,(H2,55,64)(H,57,65)(H,58,67)(H,59,66)(H,60,69)/t41-,42-,43-,44-,45-/m0/s1. The smallest absolute Gasteiger partial charge is 0.408 e. The van der Waals surface area contributed by atoms with Crippen LogP contribution in [0.3, 0.4) is 0 Å². The molecule has 5 rings (SSSR count). The summed E-state index contributed by atoms with van der Waals surface area (Å²) in [6, 6.07) is 26.7. The minimum absolute atomic E-state index is 0.0178. The summed E-state index contributed by atoms with van der Waals surface area (Å²) in [6.07, 6.45) is 0.397. The molecule has 0 radical (unpaired) electrons. The highest BCUT2D eigenvalue weighted by atomic mass is 16.6. The van der Waals surface area contributed by atoms with Gasteiger partial charge in [0, 0.05) is 37.0 Å². The van der Waals surface area contributed by atoms with Crippen LogP contribution in [-0.2, 0) is 73.8 Å². The molecule has 382 valence electrons. The maximum absolute atomic E-state index is 15.0. The van der Waals surface area contributed by atoms with Crippen molar-refractivity contribution >= 4 is 58.5 Å². The van der Waals surface area contributed by atoms with Crippen LogP contribution < -0.4 is 27.0 Å². The van der Waals surface area contributed by atoms with Gasteiger partial charge in [-0.3, -0.25) is 33.6 Å². The third-order valence-corrected chi connectivity index (χ3v) is 11.5. The Morgan fingerprint density at radius 1 is 0.611 bits per heavy atom. The van der Waals surface area contributed by atoms with Crippen LogP contribution in [-0.4, -0.2) is 100 Å². The van der Waals surface area contributed by atoms with Gasteiger partial charge < -0.3 is 51.1 Å². The predicted octanol–water partition coefficient (Wildman–Crippen LogP) is 5.07. The number of likely N-dealkylation sites (N-methyl/N-ethyl adjacent to an activating group) is 1. The minimum atomic E-state index is -1.60. The van der Waals surface area contributed by atoms with Gasteiger partial charge in [-0.15, -0.1) is 0 Å². The number of carbonyl (C=O) groups excluding carboxylic acids is 8. The first-order valence-electron chi connectivity index (χ1n) is 23.8. The Balaban J connectivity index is 1.44. The van der Waals surface area contributed by atoms with E-state index in [1.54, 1.807) is 118 Å². The first-order chi connectivity index (χ1) is 34.4. The number of aromatic nitrogens is 1. The molecule has 7 N–H and O–H groups in total. The predicted molar refractivity (Wildman–Crippen MR) is 268 cm³/mol. The van der Waals surface area contributed by atoms with E-state index in [0.717, 1.165) is 15.8 Å². The molecule has 0 saturated carbocycles. The highest BCUT2D eigenvalue weighted by Gasteiger charge is 2.37. The van der Waals surface area contributed by atoms with Gasteiger partial charge in [0.15, 0.2) is 0 Å². The quantitative estimate of drug-likeness (QED) is 0.0332. The summed E-state index contributed by atoms with van der Waals surface area (Å²) in [5.41, 5.74) is 8.18. The van der Waals surface area contributed by atoms with Gasteiger partial charge in [0.1, 0.15) is 49.0 Å². The van der Waals surface area contributed by atoms with Crippen LogP contribution in [0.2, 0.25) is 0 Å². The van der Waals surface area contributed by atoms with Gasteiger partial charge in [-0.05, 0) is 55.5 Å². The number of ether oxygens (including phenoxy) is 3. The van der Waals surface area contributed by atoms with Gasteiger partial charge in [-0.1, -0.05) is 129 Å². The number of fused-ring (bicyclic) bond motifs is 1. The molecule has 0 fully saturated rings. The summed E-state index contributed by atoms with van der Waals surface area (Å²) in [7, 11) is 1.38. The Hall–Kier alpha value is -8.02. The Kier molecular flexibility index (Phi) is 20.5. The number of hydrogen-bond acceptors (Lipinski definition) is 11. The second-order valence-corrected chi connectivity index (χ2v) is 18.3. The number of hydrogen-bond donors (Lipinski definition) is 6. The number of alkyl carbamates (subject to hydrolysis) is 1. The number of rotatable bonds is 25. The number of para-hydroxylation sites is 1. The molecular weight excluding hydrogens is 923 g/mol. The molecule has 0 spiro atoms. The van der Waals surface area contributed by atoms with Crippen molar-refractivity contribution in [3.63, 3.8) is 0 Å². The summed E-state index contributed by atoms with van der Waals surface area (Å²) in [6.45, 7) is 6.54. The lowest BCUT2D eigenvalue weighted by atomic mass is 10.0. The summed E-state index contributed by atoms with van der Waals surface area (Å²) in [5.74, 6) is -5.92. The molecule has 1 aromatic heterocycles. The number of carbonyl (C=O) groups is 8. The fourth-order valence-electron chi connectivity index (χ4n) is 7.70. The Bertz CT molecular complexity index is 2620. The molecule has 6 amide bonds. The van der Waals surface area contributed by atoms with E-state index in [-0.39, 0.29) is 32.5 Å². The van der Waals surface area contributed by atoms with E-state index >= 15 is 0 Å². The zero-order chi connectivity index (χ0) is 52.2. The molecule has 18 heteroatoms. The van der Waals surface area contributed by atoms with Crippen molar-refractivity contribution in [3.05, 3.63) is 144 Å². The minimum Gasteiger partial charge on any atom is -0.461 e. The largest absolute Gasteiger partial charge is 0.461 e. The number of esters is 2. The lowest BCUT2D eigenvalue weighted by molar-refractivity contribution is -0.149. The topological polar surface area (TPSA) is 257 Å². The zero-order valence-electron chi connectivity index (χ0n) is 41.3. The van der Waals surface area contributed by atoms with Crippen molar-refractivity contribution < 1.29 is 52.6 Å². The number of unbranched alkanes of at least 4 members (excludes halogenated alkanes) is 1. The van der Waals surface area contributed by atoms with Gasteiger partial charge in [0.05, 0.1) is 12.8 Å². The SMILES string of the molecule is CCCC[C@@H](C(=O)N[C@@H](CC(=O)OCc1ccccc1)C(=O)N[C@@H](Cc1ccccc1)C(N)=O)N(C)C(=O)[C@H](Cc1c[nH]c2ccccc12)NC(=O)[C@H](CC(=O)OCc1ccccc1)NC(=O)OC(C)(C)C. The van der Waals surface area contributed by atoms with Crippen LogP contribution in [0, 0.1) is 0 Å². The average Bonchev–Trinajstić information content (AvgIpc) is 3.76. The number of H-pyrrole nitrogens is 1. The third kappa shape index (κ3) is 17.4. The second-order valence-electron chi connectivity index (χ2n) is 18.3. The maximum atomic E-state index is 15.0. The van der Waals surface area contributed by atoms with Crippen LogP contribution in [0.4, 0.5) is 4.79 Å². The molecule has 18 nitrogen and oxygen atoms in total. The zero-order valence-corrected chi connectivity index (χ0v) is 41.3. The van der Waals surface area contributed by atoms with Crippen molar-refractivity contribution in [3.8, 4) is 0 Å². The molecule has 0 saturated heterocycles. The Morgan fingerprint density at radius 2 is 1.10 bits per heavy atom. The number of aromatic amines is 1. The maximum Gasteiger partial charge on any atom is 0.408 e. The van der Waals surface area contributed by atoms with E-state index < -0.39 is 96.2 Å². The highest BCUT2D eigenvalue weighted by Crippen LogP contribution is 2.21. The summed E-state index contributed by atoms with van der Waals surface area (Å²) in [5, 5.41) is 11.2. The molecule has 0 aliphatic carbocycles. The summed E-state index contributed by atoms with van der Waals surface area (Å²) < 4.78 is 16.4. The summed E-state index contributed by atoms with van der Waals surface area (Å²) >= 11 is 0. The fourth-order valence-corrected chi connectivity index (χ4v) is 7.70. The number of benzene rings is 4. The number of nitrogens with one attached hydrogen (secondary N) is 5. The van der Waals surface area contributed by atoms with Crippen LogP contribution >= 0.6 is 0 Å². The van der Waals surface area contributed by atoms with Crippen LogP contribution in [0.25, 0.3) is 10.9 Å². The molecular formula is C54H65N7O11. The number of nitrogens with zero attached hydrogens (tertiary/aromatic N) is 1. The van der Waals surface area contributed by atoms with E-state index in [1.165, 1.54) is 7.05 Å². The molecule has 72 heavy (non-hydrogen) atoms. The molecule has 0 unspecified atom stereocenters. The van der Waals surface area contributed by atoms with Crippen LogP contribution in [0.15, 0.2) is 121 Å². The molecule has 5 aromatic rings. The summed E-state index contributed by atoms with van der Waals surface area (Å²) in [4.78, 5) is 115. The third-order valence-electron chi connectivity index (χ3n) is 11.5. The number of amides is 6. The van der Waals surface area contributed by atoms with Crippen LogP contribution in [0.5, 0.6) is 0 Å². The van der Waals surface area contributed by atoms with Crippen molar-refractivity contribution in [1.29, 1.82) is 0 Å². The number of nitrogens with two attached hydrogens (primary N) is 1. The van der Waals surface area contributed by atoms with E-state index in [9.17, 15) is 38.4 Å². The van der Waals surface area contributed by atoms with Gasteiger partial charge in [0.25, 0.3) is 0 Å². The van der Waals surface area contributed by atoms with Gasteiger partial charge >= 0.3 is 18.0 Å². The molecule has 4 aromatic carbocycles. The van der Waals surface area contributed by atoms with Crippen molar-refractivity contribution in [1.82, 2.24) is 31.2 Å². The van der Waals surface area contributed by atoms with Crippen molar-refractivity contribution in [2.75, 3.05) is 7.05 Å². The Labute approximate surface area is 419 Å². The molecule has 5 atom stereocenters. The lowest BCUT2D eigenvalue weighted by Crippen LogP contribution is -2.60. The Morgan fingerprint density at radius 3 is 1.62 bits per heavy atom. The average molecular weight is 988 g/mol. The fraction of sp³-hybridized carbons (Fsp3) is 0.370. The van der Waals surface area contributed by atoms with Crippen molar-refractivity contribution in [2.24, 2.45) is 5.73 Å². The molecule has 0 aliphatic heterocycles. The molecule has 1 heterocycles. The normalized spacial score (nSPS) is 13.2. The van der Waals surface area contributed by atoms with Crippen LogP contribution in [0.1, 0.15) is 82.1 Å². The van der Waals surface area contributed by atoms with Gasteiger partial charge in [0.2, 0.25) is 29.5 Å². The van der Waals surface area contributed by atoms with Gasteiger partial charge in [-0.25, -0.2) is 4.79 Å². The highest BCUT2D eigenvalue weighted by molar-refractivity contribution is 5.98. The second kappa shape index (κ2) is 26.8. The first-order valence-corrected chi connectivity index (χ1v) is 23.8. The lowest BCUT2D eigenvalue weighted by Gasteiger charge is -2.32. The molecule has 0 aliphatic rings. The van der Waals surface area contributed by atoms with E-state index in [2.05, 4.69) is 26.3 Å². The monoisotopic (exact) mass is 987 g/mol.